The molecule has 1 aliphatic heterocycles. The number of carbonyl (C=O) groups is 1. The molecule has 1 amide bonds. The Hall–Kier alpha value is -1.66. The van der Waals surface area contributed by atoms with E-state index in [0.717, 1.165) is 25.1 Å². The minimum absolute atomic E-state index is 0. The Morgan fingerprint density at radius 3 is 2.88 bits per heavy atom. The summed E-state index contributed by atoms with van der Waals surface area (Å²) in [5.41, 5.74) is 2.60. The Kier molecular flexibility index (Phi) is 5.83. The van der Waals surface area contributed by atoms with E-state index in [1.165, 1.54) is 0 Å². The van der Waals surface area contributed by atoms with Crippen molar-refractivity contribution in [2.24, 2.45) is 0 Å². The number of halogens is 1. The first-order valence-corrected chi connectivity index (χ1v) is 8.27. The van der Waals surface area contributed by atoms with Crippen molar-refractivity contribution in [3.8, 4) is 0 Å². The van der Waals surface area contributed by atoms with Crippen LogP contribution in [0.1, 0.15) is 61.3 Å². The summed E-state index contributed by atoms with van der Waals surface area (Å²) in [5, 5.41) is 11.2. The molecule has 0 spiro atoms. The third-order valence-corrected chi connectivity index (χ3v) is 4.43. The summed E-state index contributed by atoms with van der Waals surface area (Å²) >= 11 is 0. The van der Waals surface area contributed by atoms with Crippen LogP contribution in [0.4, 0.5) is 0 Å². The number of nitrogens with one attached hydrogen (secondary N) is 2. The van der Waals surface area contributed by atoms with Gasteiger partial charge >= 0.3 is 0 Å². The highest BCUT2D eigenvalue weighted by atomic mass is 35.5. The van der Waals surface area contributed by atoms with Crippen LogP contribution in [0, 0.1) is 6.92 Å². The molecule has 2 aromatic rings. The number of carbonyl (C=O) groups excluding carboxylic acids is 1. The number of pyridine rings is 1. The van der Waals surface area contributed by atoms with E-state index in [1.807, 2.05) is 26.8 Å². The first-order valence-electron chi connectivity index (χ1n) is 8.27. The van der Waals surface area contributed by atoms with Crippen LogP contribution < -0.4 is 10.6 Å². The molecule has 3 heterocycles. The topological polar surface area (TPSA) is 80.0 Å². The third kappa shape index (κ3) is 3.70. The average Bonchev–Trinajstić information content (AvgIpc) is 2.88. The molecule has 3 rings (SSSR count). The molecule has 2 atom stereocenters. The van der Waals surface area contributed by atoms with Gasteiger partial charge in [0, 0.05) is 17.8 Å². The zero-order valence-electron chi connectivity index (χ0n) is 14.5. The van der Waals surface area contributed by atoms with E-state index in [2.05, 4.69) is 27.7 Å². The maximum atomic E-state index is 12.8. The fourth-order valence-electron chi connectivity index (χ4n) is 3.11. The lowest BCUT2D eigenvalue weighted by molar-refractivity contribution is 0.0927. The van der Waals surface area contributed by atoms with Gasteiger partial charge in [-0.15, -0.1) is 12.4 Å². The molecule has 1 aliphatic rings. The van der Waals surface area contributed by atoms with Gasteiger partial charge in [0.05, 0.1) is 16.6 Å². The van der Waals surface area contributed by atoms with Crippen molar-refractivity contribution in [2.75, 3.05) is 6.54 Å². The number of fused-ring (bicyclic) bond motifs is 1. The molecule has 1 fully saturated rings. The quantitative estimate of drug-likeness (QED) is 0.887. The SMILES string of the molecule is Cc1noc2nc(C(C)C)cc(C(=O)NC3CCNC(C)C3)c12.Cl. The number of aromatic nitrogens is 2. The molecule has 0 bridgehead atoms. The summed E-state index contributed by atoms with van der Waals surface area (Å²) in [6.45, 7) is 9.01. The second kappa shape index (κ2) is 7.49. The van der Waals surface area contributed by atoms with Crippen molar-refractivity contribution in [2.45, 2.75) is 58.5 Å². The number of rotatable bonds is 3. The van der Waals surface area contributed by atoms with E-state index in [-0.39, 0.29) is 30.3 Å². The highest BCUT2D eigenvalue weighted by Gasteiger charge is 2.24. The molecule has 1 saturated heterocycles. The van der Waals surface area contributed by atoms with Gasteiger partial charge in [0.15, 0.2) is 0 Å². The minimum Gasteiger partial charge on any atom is -0.349 e. The average molecular weight is 353 g/mol. The number of nitrogens with zero attached hydrogens (tertiary/aromatic N) is 2. The van der Waals surface area contributed by atoms with Crippen LogP contribution in [-0.4, -0.2) is 34.7 Å². The maximum absolute atomic E-state index is 12.8. The number of piperidine rings is 1. The standard InChI is InChI=1S/C17H24N4O2.ClH/c1-9(2)14-8-13(15-11(4)21-23-17(15)20-14)16(22)19-12-5-6-18-10(3)7-12;/h8-10,12,18H,5-7H2,1-4H3,(H,19,22);1H. The van der Waals surface area contributed by atoms with Crippen LogP contribution in [0.5, 0.6) is 0 Å². The van der Waals surface area contributed by atoms with Crippen molar-refractivity contribution in [3.63, 3.8) is 0 Å². The van der Waals surface area contributed by atoms with Crippen molar-refractivity contribution in [3.05, 3.63) is 23.0 Å². The van der Waals surface area contributed by atoms with Crippen molar-refractivity contribution >= 4 is 29.4 Å². The molecule has 6 nitrogen and oxygen atoms in total. The van der Waals surface area contributed by atoms with Gasteiger partial charge in [0.2, 0.25) is 0 Å². The fraction of sp³-hybridized carbons (Fsp3) is 0.588. The van der Waals surface area contributed by atoms with Gasteiger partial charge in [-0.05, 0) is 45.2 Å². The van der Waals surface area contributed by atoms with Gasteiger partial charge in [0.1, 0.15) is 0 Å². The van der Waals surface area contributed by atoms with Crippen LogP contribution in [-0.2, 0) is 0 Å². The largest absolute Gasteiger partial charge is 0.349 e. The molecule has 2 unspecified atom stereocenters. The predicted molar refractivity (Wildman–Crippen MR) is 95.8 cm³/mol. The summed E-state index contributed by atoms with van der Waals surface area (Å²) in [4.78, 5) is 17.3. The Balaban J connectivity index is 0.00000208. The van der Waals surface area contributed by atoms with Gasteiger partial charge < -0.3 is 15.2 Å². The Morgan fingerprint density at radius 1 is 1.46 bits per heavy atom. The van der Waals surface area contributed by atoms with Gasteiger partial charge in [0.25, 0.3) is 11.6 Å². The van der Waals surface area contributed by atoms with Gasteiger partial charge in [-0.1, -0.05) is 19.0 Å². The number of hydrogen-bond acceptors (Lipinski definition) is 5. The fourth-order valence-corrected chi connectivity index (χ4v) is 3.11. The Labute approximate surface area is 148 Å². The first kappa shape index (κ1) is 18.7. The zero-order valence-corrected chi connectivity index (χ0v) is 15.4. The second-order valence-corrected chi connectivity index (χ2v) is 6.75. The van der Waals surface area contributed by atoms with Crippen LogP contribution in [0.15, 0.2) is 10.6 Å². The van der Waals surface area contributed by atoms with Gasteiger partial charge in [-0.2, -0.15) is 0 Å². The van der Waals surface area contributed by atoms with E-state index >= 15 is 0 Å². The van der Waals surface area contributed by atoms with Crippen molar-refractivity contribution in [1.82, 2.24) is 20.8 Å². The summed E-state index contributed by atoms with van der Waals surface area (Å²) in [6.07, 6.45) is 1.89. The normalized spacial score (nSPS) is 20.9. The smallest absolute Gasteiger partial charge is 0.259 e. The minimum atomic E-state index is -0.0651. The van der Waals surface area contributed by atoms with Crippen LogP contribution in [0.25, 0.3) is 11.1 Å². The van der Waals surface area contributed by atoms with Gasteiger partial charge in [-0.3, -0.25) is 4.79 Å². The Morgan fingerprint density at radius 2 is 2.21 bits per heavy atom. The molecular formula is C17H25ClN4O2. The van der Waals surface area contributed by atoms with E-state index in [4.69, 9.17) is 4.52 Å². The monoisotopic (exact) mass is 352 g/mol. The number of hydrogen-bond donors (Lipinski definition) is 2. The number of amides is 1. The lowest BCUT2D eigenvalue weighted by Crippen LogP contribution is -2.46. The van der Waals surface area contributed by atoms with Crippen LogP contribution in [0.2, 0.25) is 0 Å². The lowest BCUT2D eigenvalue weighted by Gasteiger charge is -2.28. The van der Waals surface area contributed by atoms with E-state index in [1.54, 1.807) is 0 Å². The predicted octanol–water partition coefficient (Wildman–Crippen LogP) is 2.95. The maximum Gasteiger partial charge on any atom is 0.259 e. The number of aryl methyl sites for hydroxylation is 1. The van der Waals surface area contributed by atoms with Crippen LogP contribution in [0.3, 0.4) is 0 Å². The summed E-state index contributed by atoms with van der Waals surface area (Å²) in [6, 6.07) is 2.50. The Bertz CT molecular complexity index is 729. The molecule has 7 heteroatoms. The summed E-state index contributed by atoms with van der Waals surface area (Å²) in [5.74, 6) is 0.153. The molecule has 0 radical (unpaired) electrons. The van der Waals surface area contributed by atoms with E-state index in [9.17, 15) is 4.79 Å². The molecular weight excluding hydrogens is 328 g/mol. The van der Waals surface area contributed by atoms with Gasteiger partial charge in [-0.25, -0.2) is 4.98 Å². The second-order valence-electron chi connectivity index (χ2n) is 6.75. The molecule has 2 N–H and O–H groups in total. The van der Waals surface area contributed by atoms with E-state index < -0.39 is 0 Å². The summed E-state index contributed by atoms with van der Waals surface area (Å²) < 4.78 is 5.29. The van der Waals surface area contributed by atoms with E-state index in [0.29, 0.717) is 28.4 Å². The molecule has 24 heavy (non-hydrogen) atoms. The molecule has 2 aromatic heterocycles. The molecule has 132 valence electrons. The molecule has 0 saturated carbocycles. The molecule has 0 aliphatic carbocycles. The van der Waals surface area contributed by atoms with Crippen molar-refractivity contribution in [1.29, 1.82) is 0 Å². The zero-order chi connectivity index (χ0) is 16.6. The molecule has 0 aromatic carbocycles. The summed E-state index contributed by atoms with van der Waals surface area (Å²) in [7, 11) is 0. The van der Waals surface area contributed by atoms with Crippen LogP contribution >= 0.6 is 12.4 Å². The lowest BCUT2D eigenvalue weighted by atomic mass is 9.99. The highest BCUT2D eigenvalue weighted by molar-refractivity contribution is 6.06. The highest BCUT2D eigenvalue weighted by Crippen LogP contribution is 2.25. The van der Waals surface area contributed by atoms with Crippen molar-refractivity contribution < 1.29 is 9.32 Å². The first-order chi connectivity index (χ1) is 11.0. The third-order valence-electron chi connectivity index (χ3n) is 4.43.